The van der Waals surface area contributed by atoms with Gasteiger partial charge < -0.3 is 14.7 Å². The van der Waals surface area contributed by atoms with Crippen molar-refractivity contribution in [1.29, 1.82) is 0 Å². The minimum absolute atomic E-state index is 0.0235. The van der Waals surface area contributed by atoms with Crippen molar-refractivity contribution in [3.05, 3.63) is 60.3 Å². The number of ether oxygens (including phenoxy) is 1. The number of hydrogen-bond acceptors (Lipinski definition) is 6. The molecule has 1 saturated heterocycles. The van der Waals surface area contributed by atoms with E-state index in [9.17, 15) is 13.5 Å². The molecule has 0 bridgehead atoms. The van der Waals surface area contributed by atoms with E-state index in [1.54, 1.807) is 6.20 Å². The third kappa shape index (κ3) is 5.86. The van der Waals surface area contributed by atoms with Crippen LogP contribution in [0.15, 0.2) is 54.7 Å². The summed E-state index contributed by atoms with van der Waals surface area (Å²) in [6, 6.07) is 15.5. The molecule has 0 radical (unpaired) electrons. The molecule has 1 saturated carbocycles. The molecule has 1 aliphatic carbocycles. The van der Waals surface area contributed by atoms with Gasteiger partial charge in [0.2, 0.25) is 10.0 Å². The van der Waals surface area contributed by atoms with Crippen molar-refractivity contribution in [3.8, 4) is 0 Å². The summed E-state index contributed by atoms with van der Waals surface area (Å²) in [5.74, 6) is 0.927. The van der Waals surface area contributed by atoms with Crippen molar-refractivity contribution in [2.24, 2.45) is 5.92 Å². The van der Waals surface area contributed by atoms with Gasteiger partial charge in [-0.25, -0.2) is 18.1 Å². The SMILES string of the molecule is CS(=O)(=O)NC1CCN(c2ccccn2)CC1CO[C@H]1CC[C@@](O)(c2ccccc2)CC1. The third-order valence-corrected chi connectivity index (χ3v) is 7.42. The van der Waals surface area contributed by atoms with Gasteiger partial charge in [-0.2, -0.15) is 0 Å². The molecule has 2 fully saturated rings. The largest absolute Gasteiger partial charge is 0.385 e. The third-order valence-electron chi connectivity index (χ3n) is 6.69. The Hall–Kier alpha value is -2.00. The lowest BCUT2D eigenvalue weighted by Crippen LogP contribution is -2.52. The number of sulfonamides is 1. The highest BCUT2D eigenvalue weighted by Gasteiger charge is 2.37. The Morgan fingerprint density at radius 3 is 2.50 bits per heavy atom. The van der Waals surface area contributed by atoms with Crippen LogP contribution in [0, 0.1) is 5.92 Å². The van der Waals surface area contributed by atoms with Gasteiger partial charge in [0.25, 0.3) is 0 Å². The average molecular weight is 460 g/mol. The molecule has 1 aliphatic heterocycles. The average Bonchev–Trinajstić information content (AvgIpc) is 2.80. The molecule has 174 valence electrons. The smallest absolute Gasteiger partial charge is 0.208 e. The van der Waals surface area contributed by atoms with Crippen molar-refractivity contribution < 1.29 is 18.3 Å². The van der Waals surface area contributed by atoms with Gasteiger partial charge in [0.1, 0.15) is 5.82 Å². The quantitative estimate of drug-likeness (QED) is 0.662. The Bertz CT molecular complexity index is 963. The van der Waals surface area contributed by atoms with E-state index in [0.29, 0.717) is 32.4 Å². The van der Waals surface area contributed by atoms with E-state index in [0.717, 1.165) is 30.8 Å². The van der Waals surface area contributed by atoms with E-state index in [1.165, 1.54) is 6.26 Å². The molecule has 8 heteroatoms. The number of nitrogens with one attached hydrogen (secondary N) is 1. The van der Waals surface area contributed by atoms with Gasteiger partial charge in [-0.1, -0.05) is 36.4 Å². The molecule has 0 amide bonds. The van der Waals surface area contributed by atoms with Gasteiger partial charge in [-0.05, 0) is 49.8 Å². The first-order valence-corrected chi connectivity index (χ1v) is 13.2. The molecule has 32 heavy (non-hydrogen) atoms. The minimum Gasteiger partial charge on any atom is -0.385 e. The second kappa shape index (κ2) is 9.87. The Morgan fingerprint density at radius 2 is 1.84 bits per heavy atom. The second-order valence-corrected chi connectivity index (χ2v) is 10.9. The zero-order chi connectivity index (χ0) is 22.6. The Balaban J connectivity index is 1.36. The maximum Gasteiger partial charge on any atom is 0.208 e. The van der Waals surface area contributed by atoms with Gasteiger partial charge >= 0.3 is 0 Å². The fourth-order valence-electron chi connectivity index (χ4n) is 4.91. The molecule has 2 unspecified atom stereocenters. The lowest BCUT2D eigenvalue weighted by atomic mass is 9.78. The van der Waals surface area contributed by atoms with Crippen LogP contribution in [-0.4, -0.2) is 56.6 Å². The van der Waals surface area contributed by atoms with Crippen molar-refractivity contribution in [2.75, 3.05) is 30.9 Å². The van der Waals surface area contributed by atoms with Gasteiger partial charge in [-0.15, -0.1) is 0 Å². The van der Waals surface area contributed by atoms with Gasteiger partial charge in [0, 0.05) is 31.2 Å². The summed E-state index contributed by atoms with van der Waals surface area (Å²) in [6.07, 6.45) is 6.66. The van der Waals surface area contributed by atoms with Crippen LogP contribution in [0.3, 0.4) is 0 Å². The summed E-state index contributed by atoms with van der Waals surface area (Å²) in [7, 11) is -3.30. The summed E-state index contributed by atoms with van der Waals surface area (Å²) in [5.41, 5.74) is 0.177. The van der Waals surface area contributed by atoms with Gasteiger partial charge in [0.05, 0.1) is 24.6 Å². The summed E-state index contributed by atoms with van der Waals surface area (Å²) < 4.78 is 32.9. The van der Waals surface area contributed by atoms with Crippen LogP contribution in [0.5, 0.6) is 0 Å². The van der Waals surface area contributed by atoms with E-state index >= 15 is 0 Å². The highest BCUT2D eigenvalue weighted by atomic mass is 32.2. The van der Waals surface area contributed by atoms with Crippen LogP contribution in [0.4, 0.5) is 5.82 Å². The highest BCUT2D eigenvalue weighted by molar-refractivity contribution is 7.88. The number of pyridine rings is 1. The first-order valence-electron chi connectivity index (χ1n) is 11.4. The Kier molecular flexibility index (Phi) is 7.14. The van der Waals surface area contributed by atoms with Crippen LogP contribution in [0.1, 0.15) is 37.7 Å². The maximum absolute atomic E-state index is 11.9. The number of anilines is 1. The molecule has 2 atom stereocenters. The second-order valence-electron chi connectivity index (χ2n) is 9.11. The summed E-state index contributed by atoms with van der Waals surface area (Å²) in [6.45, 7) is 1.91. The van der Waals surface area contributed by atoms with Crippen LogP contribution in [0.2, 0.25) is 0 Å². The normalized spacial score (nSPS) is 29.1. The molecule has 2 heterocycles. The van der Waals surface area contributed by atoms with E-state index in [-0.39, 0.29) is 18.1 Å². The standard InChI is InChI=1S/C24H33N3O4S/c1-32(29,30)26-22-12-16-27(23-9-5-6-15-25-23)17-19(22)18-31-21-10-13-24(28,14-11-21)20-7-3-2-4-8-20/h2-9,15,19,21-22,26,28H,10-14,16-18H2,1H3/t19?,21-,22?,24-. The van der Waals surface area contributed by atoms with E-state index in [4.69, 9.17) is 4.74 Å². The topological polar surface area (TPSA) is 91.8 Å². The lowest BCUT2D eigenvalue weighted by Gasteiger charge is -2.41. The van der Waals surface area contributed by atoms with Crippen molar-refractivity contribution in [3.63, 3.8) is 0 Å². The lowest BCUT2D eigenvalue weighted by molar-refractivity contribution is -0.0677. The summed E-state index contributed by atoms with van der Waals surface area (Å²) in [5, 5.41) is 11.1. The van der Waals surface area contributed by atoms with Crippen molar-refractivity contribution in [2.45, 2.75) is 49.9 Å². The molecule has 4 rings (SSSR count). The number of nitrogens with zero attached hydrogens (tertiary/aromatic N) is 2. The fourth-order valence-corrected chi connectivity index (χ4v) is 5.77. The van der Waals surface area contributed by atoms with E-state index in [1.807, 2.05) is 48.5 Å². The zero-order valence-corrected chi connectivity index (χ0v) is 19.4. The van der Waals surface area contributed by atoms with Crippen molar-refractivity contribution in [1.82, 2.24) is 9.71 Å². The molecule has 2 aromatic rings. The molecule has 1 aromatic heterocycles. The Morgan fingerprint density at radius 1 is 1.12 bits per heavy atom. The molecule has 2 aliphatic rings. The number of aromatic nitrogens is 1. The predicted octanol–water partition coefficient (Wildman–Crippen LogP) is 2.67. The van der Waals surface area contributed by atoms with Crippen LogP contribution >= 0.6 is 0 Å². The molecule has 7 nitrogen and oxygen atoms in total. The molecule has 2 N–H and O–H groups in total. The van der Waals surface area contributed by atoms with E-state index in [2.05, 4.69) is 14.6 Å². The zero-order valence-electron chi connectivity index (χ0n) is 18.6. The summed E-state index contributed by atoms with van der Waals surface area (Å²) in [4.78, 5) is 6.65. The predicted molar refractivity (Wildman–Crippen MR) is 125 cm³/mol. The summed E-state index contributed by atoms with van der Waals surface area (Å²) >= 11 is 0. The molecular weight excluding hydrogens is 426 g/mol. The molecular formula is C24H33N3O4S. The fraction of sp³-hybridized carbons (Fsp3) is 0.542. The molecule has 1 aromatic carbocycles. The van der Waals surface area contributed by atoms with Crippen LogP contribution in [0.25, 0.3) is 0 Å². The minimum atomic E-state index is -3.30. The van der Waals surface area contributed by atoms with Crippen LogP contribution in [-0.2, 0) is 20.4 Å². The highest BCUT2D eigenvalue weighted by Crippen LogP contribution is 2.38. The monoisotopic (exact) mass is 459 g/mol. The number of rotatable bonds is 7. The first kappa shape index (κ1) is 23.2. The van der Waals surface area contributed by atoms with Gasteiger partial charge in [-0.3, -0.25) is 0 Å². The van der Waals surface area contributed by atoms with E-state index < -0.39 is 15.6 Å². The number of hydrogen-bond donors (Lipinski definition) is 2. The maximum atomic E-state index is 11.9. The number of benzene rings is 1. The first-order chi connectivity index (χ1) is 15.3. The van der Waals surface area contributed by atoms with Crippen LogP contribution < -0.4 is 9.62 Å². The van der Waals surface area contributed by atoms with Gasteiger partial charge in [0.15, 0.2) is 0 Å². The number of piperidine rings is 1. The van der Waals surface area contributed by atoms with Crippen molar-refractivity contribution >= 4 is 15.8 Å². The number of aliphatic hydroxyl groups is 1. The molecule has 0 spiro atoms. The Labute approximate surface area is 190 Å².